The number of guanidine groups is 1. The summed E-state index contributed by atoms with van der Waals surface area (Å²) in [6.07, 6.45) is -9.00. The van der Waals surface area contributed by atoms with E-state index in [2.05, 4.69) is 26.3 Å². The first kappa shape index (κ1) is 38.3. The van der Waals surface area contributed by atoms with Gasteiger partial charge in [-0.3, -0.25) is 20.2 Å². The van der Waals surface area contributed by atoms with Crippen LogP contribution in [0.2, 0.25) is 0 Å². The molecule has 1 aliphatic heterocycles. The molecule has 0 bridgehead atoms. The van der Waals surface area contributed by atoms with Crippen molar-refractivity contribution in [2.75, 3.05) is 40.8 Å². The van der Waals surface area contributed by atoms with Gasteiger partial charge in [0.2, 0.25) is 5.91 Å². The second kappa shape index (κ2) is 16.5. The van der Waals surface area contributed by atoms with Gasteiger partial charge in [-0.25, -0.2) is 4.79 Å². The van der Waals surface area contributed by atoms with E-state index in [0.717, 1.165) is 6.07 Å². The highest BCUT2D eigenvalue weighted by atomic mass is 19.4. The number of urea groups is 1. The summed E-state index contributed by atoms with van der Waals surface area (Å²) in [6, 6.07) is 7.55. The van der Waals surface area contributed by atoms with Gasteiger partial charge in [0.1, 0.15) is 17.6 Å². The molecule has 1 atom stereocenters. The molecule has 14 nitrogen and oxygen atoms in total. The molecule has 20 heteroatoms. The van der Waals surface area contributed by atoms with Gasteiger partial charge in [-0.1, -0.05) is 0 Å². The summed E-state index contributed by atoms with van der Waals surface area (Å²) in [5, 5.41) is 28.2. The summed E-state index contributed by atoms with van der Waals surface area (Å²) in [6.45, 7) is 1.19. The molecule has 276 valence electrons. The monoisotopic (exact) mass is 728 g/mol. The number of alkyl halides is 6. The molecule has 10 N–H and O–H groups in total. The number of rotatable bonds is 13. The van der Waals surface area contributed by atoms with Crippen molar-refractivity contribution in [3.8, 4) is 17.2 Å². The fourth-order valence-corrected chi connectivity index (χ4v) is 4.77. The fourth-order valence-electron chi connectivity index (χ4n) is 4.77. The molecule has 0 saturated carbocycles. The Labute approximate surface area is 286 Å². The van der Waals surface area contributed by atoms with Gasteiger partial charge in [0, 0.05) is 31.3 Å². The summed E-state index contributed by atoms with van der Waals surface area (Å²) in [5.41, 5.74) is 6.93. The van der Waals surface area contributed by atoms with E-state index in [0.29, 0.717) is 56.6 Å². The van der Waals surface area contributed by atoms with E-state index in [1.807, 2.05) is 0 Å². The Hall–Kier alpha value is -5.47. The van der Waals surface area contributed by atoms with Crippen molar-refractivity contribution < 1.29 is 55.8 Å². The number of hydrogen-bond donors (Lipinski definition) is 8. The molecule has 0 aromatic heterocycles. The van der Waals surface area contributed by atoms with Gasteiger partial charge in [0.25, 0.3) is 0 Å². The standard InChI is InChI=1S/C31H34F6N8O6/c32-30(33,34)17-11-20(45(48)49)15-23(12-17)50-21-6-4-19(5-7-21)42-29(47)44-25-14-18(31(35,36)37)13-24(27(25)51-22-8-10-40-16-22)43-26(46)3-1-2-9-41-28(38)39/h4-7,11-15,22,40,48-49H,1-3,8-10,16H2,(H,43,46)(H4,38,39,41)(H2,42,44,47)/t22-/m1/s1. The molecular formula is C31H34F6N8O6. The van der Waals surface area contributed by atoms with Crippen LogP contribution in [0.4, 0.5) is 53.9 Å². The number of nitrogens with zero attached hydrogens (tertiary/aromatic N) is 2. The summed E-state index contributed by atoms with van der Waals surface area (Å²) in [7, 11) is 0. The lowest BCUT2D eigenvalue weighted by Gasteiger charge is -2.22. The number of carbonyl (C=O) groups is 2. The van der Waals surface area contributed by atoms with Crippen LogP contribution in [0.5, 0.6) is 17.2 Å². The quantitative estimate of drug-likeness (QED) is 0.0345. The third kappa shape index (κ3) is 11.5. The van der Waals surface area contributed by atoms with E-state index < -0.39 is 58.2 Å². The van der Waals surface area contributed by atoms with Gasteiger partial charge >= 0.3 is 18.4 Å². The molecule has 1 fully saturated rings. The van der Waals surface area contributed by atoms with Gasteiger partial charge in [-0.15, -0.1) is 5.23 Å². The molecule has 4 rings (SSSR count). The number of carbonyl (C=O) groups excluding carboxylic acids is 2. The Morgan fingerprint density at radius 2 is 1.53 bits per heavy atom. The molecule has 1 saturated heterocycles. The summed E-state index contributed by atoms with van der Waals surface area (Å²) < 4.78 is 93.2. The maximum Gasteiger partial charge on any atom is 0.416 e. The fraction of sp³-hybridized carbons (Fsp3) is 0.323. The molecular weight excluding hydrogens is 694 g/mol. The number of aliphatic imine (C=N–C) groups is 1. The number of halogens is 6. The lowest BCUT2D eigenvalue weighted by molar-refractivity contribution is -0.138. The van der Waals surface area contributed by atoms with E-state index >= 15 is 0 Å². The Kier molecular flexibility index (Phi) is 12.4. The predicted molar refractivity (Wildman–Crippen MR) is 173 cm³/mol. The maximum absolute atomic E-state index is 14.0. The third-order valence-electron chi connectivity index (χ3n) is 7.14. The Balaban J connectivity index is 1.53. The third-order valence-corrected chi connectivity index (χ3v) is 7.14. The van der Waals surface area contributed by atoms with E-state index in [-0.39, 0.29) is 47.5 Å². The molecule has 1 aliphatic rings. The molecule has 3 amide bonds. The van der Waals surface area contributed by atoms with Gasteiger partial charge < -0.3 is 42.2 Å². The molecule has 0 aliphatic carbocycles. The lowest BCUT2D eigenvalue weighted by atomic mass is 10.1. The summed E-state index contributed by atoms with van der Waals surface area (Å²) in [4.78, 5) is 29.6. The Morgan fingerprint density at radius 1 is 0.882 bits per heavy atom. The first-order chi connectivity index (χ1) is 24.0. The Morgan fingerprint density at radius 3 is 2.12 bits per heavy atom. The van der Waals surface area contributed by atoms with Crippen molar-refractivity contribution >= 4 is 40.6 Å². The van der Waals surface area contributed by atoms with Crippen molar-refractivity contribution in [1.29, 1.82) is 0 Å². The number of amides is 3. The zero-order chi connectivity index (χ0) is 37.3. The first-order valence-corrected chi connectivity index (χ1v) is 15.2. The van der Waals surface area contributed by atoms with Gasteiger partial charge in [0.15, 0.2) is 11.7 Å². The van der Waals surface area contributed by atoms with Crippen molar-refractivity contribution in [2.24, 2.45) is 16.5 Å². The topological polar surface area (TPSA) is 209 Å². The highest BCUT2D eigenvalue weighted by Gasteiger charge is 2.34. The van der Waals surface area contributed by atoms with Crippen molar-refractivity contribution in [1.82, 2.24) is 5.32 Å². The van der Waals surface area contributed by atoms with Crippen LogP contribution in [0.3, 0.4) is 0 Å². The Bertz CT molecular complexity index is 1710. The molecule has 3 aromatic rings. The second-order valence-electron chi connectivity index (χ2n) is 11.2. The first-order valence-electron chi connectivity index (χ1n) is 15.2. The molecule has 0 spiro atoms. The highest BCUT2D eigenvalue weighted by Crippen LogP contribution is 2.42. The smallest absolute Gasteiger partial charge is 0.416 e. The number of ether oxygens (including phenoxy) is 2. The van der Waals surface area contributed by atoms with Crippen molar-refractivity contribution in [3.63, 3.8) is 0 Å². The lowest BCUT2D eigenvalue weighted by Crippen LogP contribution is -2.25. The number of unbranched alkanes of at least 4 members (excludes halogenated alkanes) is 1. The van der Waals surface area contributed by atoms with Gasteiger partial charge in [-0.05, 0) is 74.3 Å². The van der Waals surface area contributed by atoms with Crippen LogP contribution in [0, 0.1) is 0 Å². The van der Waals surface area contributed by atoms with E-state index in [1.165, 1.54) is 24.3 Å². The molecule has 3 aromatic carbocycles. The van der Waals surface area contributed by atoms with Gasteiger partial charge in [0.05, 0.1) is 28.2 Å². The zero-order valence-electron chi connectivity index (χ0n) is 26.6. The SMILES string of the molecule is NC(N)=NCCCCC(=O)Nc1cc(C(F)(F)F)cc(NC(=O)Nc2ccc(Oc3cc(N(O)O)cc(C(F)(F)F)c3)cc2)c1O[C@@H]1CCNC1. The number of nitrogens with one attached hydrogen (secondary N) is 4. The largest absolute Gasteiger partial charge is 0.485 e. The highest BCUT2D eigenvalue weighted by molar-refractivity contribution is 6.02. The number of nitrogens with two attached hydrogens (primary N) is 2. The molecule has 0 unspecified atom stereocenters. The van der Waals surface area contributed by atoms with E-state index in [1.54, 1.807) is 0 Å². The maximum atomic E-state index is 14.0. The molecule has 51 heavy (non-hydrogen) atoms. The number of hydrogen-bond acceptors (Lipinski definition) is 9. The van der Waals surface area contributed by atoms with Crippen molar-refractivity contribution in [3.05, 3.63) is 65.7 Å². The van der Waals surface area contributed by atoms with Crippen molar-refractivity contribution in [2.45, 2.75) is 44.1 Å². The average molecular weight is 729 g/mol. The minimum atomic E-state index is -4.87. The second-order valence-corrected chi connectivity index (χ2v) is 11.2. The van der Waals surface area contributed by atoms with Gasteiger partial charge in [-0.2, -0.15) is 26.3 Å². The minimum Gasteiger partial charge on any atom is -0.485 e. The van der Waals surface area contributed by atoms with Crippen LogP contribution in [0.1, 0.15) is 36.8 Å². The van der Waals surface area contributed by atoms with Crippen LogP contribution in [-0.2, 0) is 17.1 Å². The molecule has 1 heterocycles. The van der Waals surface area contributed by atoms with E-state index in [4.69, 9.17) is 20.9 Å². The predicted octanol–water partition coefficient (Wildman–Crippen LogP) is 5.87. The zero-order valence-corrected chi connectivity index (χ0v) is 26.6. The van der Waals surface area contributed by atoms with Crippen LogP contribution >= 0.6 is 0 Å². The number of anilines is 4. The number of benzene rings is 3. The van der Waals surface area contributed by atoms with Crippen LogP contribution in [0.25, 0.3) is 0 Å². The minimum absolute atomic E-state index is 0.0102. The van der Waals surface area contributed by atoms with Crippen LogP contribution < -0.4 is 47.4 Å². The van der Waals surface area contributed by atoms with Crippen LogP contribution in [0.15, 0.2) is 59.6 Å². The summed E-state index contributed by atoms with van der Waals surface area (Å²) >= 11 is 0. The average Bonchev–Trinajstić information content (AvgIpc) is 3.55. The normalized spacial score (nSPS) is 14.4. The van der Waals surface area contributed by atoms with Crippen LogP contribution in [-0.4, -0.2) is 54.1 Å². The van der Waals surface area contributed by atoms with E-state index in [9.17, 15) is 46.3 Å². The molecule has 0 radical (unpaired) electrons. The summed E-state index contributed by atoms with van der Waals surface area (Å²) in [5.74, 6) is -1.33.